The van der Waals surface area contributed by atoms with E-state index in [1.807, 2.05) is 59.5 Å². The van der Waals surface area contributed by atoms with E-state index in [0.717, 1.165) is 50.3 Å². The molecule has 6 heteroatoms. The molecule has 3 unspecified atom stereocenters. The minimum absolute atomic E-state index is 0.0614. The van der Waals surface area contributed by atoms with E-state index >= 15 is 0 Å². The van der Waals surface area contributed by atoms with E-state index in [2.05, 4.69) is 18.7 Å². The minimum atomic E-state index is 0.0614. The highest BCUT2D eigenvalue weighted by Gasteiger charge is 2.32. The highest BCUT2D eigenvalue weighted by molar-refractivity contribution is 5.78. The second-order valence-corrected chi connectivity index (χ2v) is 8.89. The third-order valence-corrected chi connectivity index (χ3v) is 6.10. The van der Waals surface area contributed by atoms with Crippen LogP contribution < -0.4 is 9.47 Å². The van der Waals surface area contributed by atoms with Crippen LogP contribution in [-0.4, -0.2) is 66.7 Å². The van der Waals surface area contributed by atoms with E-state index in [1.165, 1.54) is 0 Å². The van der Waals surface area contributed by atoms with Crippen molar-refractivity contribution in [2.45, 2.75) is 51.5 Å². The second-order valence-electron chi connectivity index (χ2n) is 8.89. The molecule has 0 bridgehead atoms. The van der Waals surface area contributed by atoms with Crippen LogP contribution in [0.2, 0.25) is 0 Å². The molecule has 0 spiro atoms. The molecule has 172 valence electrons. The Morgan fingerprint density at radius 3 is 2.31 bits per heavy atom. The number of ether oxygens (including phenoxy) is 3. The summed E-state index contributed by atoms with van der Waals surface area (Å²) in [6.07, 6.45) is 2.60. The van der Waals surface area contributed by atoms with Gasteiger partial charge in [-0.15, -0.1) is 0 Å². The van der Waals surface area contributed by atoms with Crippen molar-refractivity contribution in [2.75, 3.05) is 32.8 Å². The van der Waals surface area contributed by atoms with Crippen molar-refractivity contribution in [3.63, 3.8) is 0 Å². The SMILES string of the molecule is CC1CN(CC2CCCN2C(=O)COc2ccc(OCc3ccccc3)cc2)CC(C)O1. The van der Waals surface area contributed by atoms with Crippen LogP contribution in [0.15, 0.2) is 54.6 Å². The van der Waals surface area contributed by atoms with Gasteiger partial charge in [-0.2, -0.15) is 0 Å². The number of carbonyl (C=O) groups excluding carboxylic acids is 1. The lowest BCUT2D eigenvalue weighted by Crippen LogP contribution is -2.51. The van der Waals surface area contributed by atoms with Crippen LogP contribution in [0.5, 0.6) is 11.5 Å². The zero-order valence-corrected chi connectivity index (χ0v) is 19.1. The number of likely N-dealkylation sites (tertiary alicyclic amines) is 1. The predicted octanol–water partition coefficient (Wildman–Crippen LogP) is 3.74. The average molecular weight is 439 g/mol. The molecule has 0 radical (unpaired) electrons. The van der Waals surface area contributed by atoms with Crippen LogP contribution >= 0.6 is 0 Å². The molecule has 2 aliphatic rings. The van der Waals surface area contributed by atoms with Gasteiger partial charge >= 0.3 is 0 Å². The summed E-state index contributed by atoms with van der Waals surface area (Å²) in [6.45, 7) is 8.41. The van der Waals surface area contributed by atoms with Gasteiger partial charge in [0.05, 0.1) is 12.2 Å². The van der Waals surface area contributed by atoms with Crippen molar-refractivity contribution in [3.05, 3.63) is 60.2 Å². The Morgan fingerprint density at radius 2 is 1.62 bits per heavy atom. The summed E-state index contributed by atoms with van der Waals surface area (Å²) in [6, 6.07) is 17.8. The lowest BCUT2D eigenvalue weighted by molar-refractivity contribution is -0.135. The normalized spacial score (nSPS) is 23.8. The largest absolute Gasteiger partial charge is 0.489 e. The highest BCUT2D eigenvalue weighted by atomic mass is 16.5. The molecule has 2 saturated heterocycles. The van der Waals surface area contributed by atoms with E-state index in [1.54, 1.807) is 0 Å². The molecule has 3 atom stereocenters. The van der Waals surface area contributed by atoms with Gasteiger partial charge in [-0.3, -0.25) is 9.69 Å². The minimum Gasteiger partial charge on any atom is -0.489 e. The van der Waals surface area contributed by atoms with Gasteiger partial charge in [0.2, 0.25) is 0 Å². The van der Waals surface area contributed by atoms with E-state index < -0.39 is 0 Å². The Balaban J connectivity index is 1.23. The van der Waals surface area contributed by atoms with Crippen molar-refractivity contribution in [1.82, 2.24) is 9.80 Å². The number of hydrogen-bond acceptors (Lipinski definition) is 5. The van der Waals surface area contributed by atoms with Crippen molar-refractivity contribution < 1.29 is 19.0 Å². The second kappa shape index (κ2) is 10.8. The summed E-state index contributed by atoms with van der Waals surface area (Å²) < 4.78 is 17.4. The van der Waals surface area contributed by atoms with E-state index in [-0.39, 0.29) is 30.8 Å². The van der Waals surface area contributed by atoms with Crippen molar-refractivity contribution in [2.24, 2.45) is 0 Å². The number of benzene rings is 2. The quantitative estimate of drug-likeness (QED) is 0.628. The van der Waals surface area contributed by atoms with Gasteiger partial charge in [-0.25, -0.2) is 0 Å². The Labute approximate surface area is 191 Å². The molecule has 2 heterocycles. The topological polar surface area (TPSA) is 51.2 Å². The molecule has 0 N–H and O–H groups in total. The first kappa shape index (κ1) is 22.6. The predicted molar refractivity (Wildman–Crippen MR) is 124 cm³/mol. The number of hydrogen-bond donors (Lipinski definition) is 0. The lowest BCUT2D eigenvalue weighted by atomic mass is 10.1. The molecule has 2 aromatic carbocycles. The first-order valence-corrected chi connectivity index (χ1v) is 11.6. The molecule has 2 fully saturated rings. The monoisotopic (exact) mass is 438 g/mol. The first-order valence-electron chi connectivity index (χ1n) is 11.6. The molecule has 2 aromatic rings. The van der Waals surface area contributed by atoms with Gasteiger partial charge in [0.25, 0.3) is 5.91 Å². The fourth-order valence-corrected chi connectivity index (χ4v) is 4.69. The maximum absolute atomic E-state index is 12.9. The summed E-state index contributed by atoms with van der Waals surface area (Å²) in [7, 11) is 0. The Hall–Kier alpha value is -2.57. The molecule has 6 nitrogen and oxygen atoms in total. The molecule has 4 rings (SSSR count). The number of rotatable bonds is 8. The van der Waals surface area contributed by atoms with Crippen LogP contribution in [0.3, 0.4) is 0 Å². The third-order valence-electron chi connectivity index (χ3n) is 6.10. The van der Waals surface area contributed by atoms with Gasteiger partial charge in [-0.05, 0) is 56.5 Å². The molecule has 32 heavy (non-hydrogen) atoms. The van der Waals surface area contributed by atoms with Gasteiger partial charge in [0.15, 0.2) is 6.61 Å². The van der Waals surface area contributed by atoms with Crippen LogP contribution in [-0.2, 0) is 16.1 Å². The maximum atomic E-state index is 12.9. The maximum Gasteiger partial charge on any atom is 0.260 e. The summed E-state index contributed by atoms with van der Waals surface area (Å²) in [5.74, 6) is 1.52. The van der Waals surface area contributed by atoms with Crippen LogP contribution in [0, 0.1) is 0 Å². The van der Waals surface area contributed by atoms with E-state index in [4.69, 9.17) is 14.2 Å². The molecular weight excluding hydrogens is 404 g/mol. The molecule has 2 aliphatic heterocycles. The molecule has 0 aliphatic carbocycles. The van der Waals surface area contributed by atoms with E-state index in [9.17, 15) is 4.79 Å². The van der Waals surface area contributed by atoms with Gasteiger partial charge in [0, 0.05) is 32.2 Å². The molecule has 1 amide bonds. The Bertz CT molecular complexity index is 848. The zero-order chi connectivity index (χ0) is 22.3. The number of nitrogens with zero attached hydrogens (tertiary/aromatic N) is 2. The summed E-state index contributed by atoms with van der Waals surface area (Å²) >= 11 is 0. The fourth-order valence-electron chi connectivity index (χ4n) is 4.69. The highest BCUT2D eigenvalue weighted by Crippen LogP contribution is 2.22. The third kappa shape index (κ3) is 6.24. The van der Waals surface area contributed by atoms with Crippen LogP contribution in [0.1, 0.15) is 32.3 Å². The zero-order valence-electron chi connectivity index (χ0n) is 19.1. The summed E-state index contributed by atoms with van der Waals surface area (Å²) in [5, 5.41) is 0. The van der Waals surface area contributed by atoms with Crippen molar-refractivity contribution in [3.8, 4) is 11.5 Å². The number of amides is 1. The smallest absolute Gasteiger partial charge is 0.260 e. The number of carbonyl (C=O) groups is 1. The van der Waals surface area contributed by atoms with Crippen molar-refractivity contribution in [1.29, 1.82) is 0 Å². The lowest BCUT2D eigenvalue weighted by Gasteiger charge is -2.38. The molecule has 0 aromatic heterocycles. The standard InChI is InChI=1S/C26H34N2O4/c1-20-15-27(16-21(2)32-20)17-23-9-6-14-28(23)26(29)19-31-25-12-10-24(11-13-25)30-18-22-7-4-3-5-8-22/h3-5,7-8,10-13,20-21,23H,6,9,14-19H2,1-2H3. The Morgan fingerprint density at radius 1 is 0.969 bits per heavy atom. The van der Waals surface area contributed by atoms with Gasteiger partial charge < -0.3 is 19.1 Å². The first-order chi connectivity index (χ1) is 15.6. The molecule has 0 saturated carbocycles. The van der Waals surface area contributed by atoms with Crippen LogP contribution in [0.25, 0.3) is 0 Å². The summed E-state index contributed by atoms with van der Waals surface area (Å²) in [4.78, 5) is 17.3. The summed E-state index contributed by atoms with van der Waals surface area (Å²) in [5.41, 5.74) is 1.12. The van der Waals surface area contributed by atoms with Crippen molar-refractivity contribution >= 4 is 5.91 Å². The fraction of sp³-hybridized carbons (Fsp3) is 0.500. The Kier molecular flexibility index (Phi) is 7.66. The van der Waals surface area contributed by atoms with E-state index in [0.29, 0.717) is 12.4 Å². The van der Waals surface area contributed by atoms with Crippen LogP contribution in [0.4, 0.5) is 0 Å². The average Bonchev–Trinajstić information content (AvgIpc) is 3.25. The molecular formula is C26H34N2O4. The number of morpholine rings is 1. The van der Waals surface area contributed by atoms with Gasteiger partial charge in [0.1, 0.15) is 18.1 Å². The van der Waals surface area contributed by atoms with Gasteiger partial charge in [-0.1, -0.05) is 30.3 Å².